The molecule has 0 atom stereocenters. The number of rotatable bonds is 3. The molecule has 118 valence electrons. The fraction of sp³-hybridized carbons (Fsp3) is 0.0500. The molecular weight excluding hydrogens is 305 g/mol. The Balaban J connectivity index is 1.84. The number of aromatic nitrogens is 1. The van der Waals surface area contributed by atoms with E-state index in [0.717, 1.165) is 16.3 Å². The summed E-state index contributed by atoms with van der Waals surface area (Å²) in [6, 6.07) is 18.8. The van der Waals surface area contributed by atoms with Gasteiger partial charge in [-0.15, -0.1) is 0 Å². The van der Waals surface area contributed by atoms with Crippen LogP contribution in [0.1, 0.15) is 15.9 Å². The number of benzene rings is 3. The predicted octanol–water partition coefficient (Wildman–Crippen LogP) is 4.68. The molecule has 4 aromatic rings. The number of halogens is 1. The van der Waals surface area contributed by atoms with E-state index in [1.165, 1.54) is 12.3 Å². The minimum atomic E-state index is -1.12. The van der Waals surface area contributed by atoms with Crippen molar-refractivity contribution in [3.8, 4) is 0 Å². The van der Waals surface area contributed by atoms with Crippen LogP contribution in [0.3, 0.4) is 0 Å². The van der Waals surface area contributed by atoms with Crippen molar-refractivity contribution >= 4 is 27.6 Å². The zero-order valence-electron chi connectivity index (χ0n) is 12.7. The lowest BCUT2D eigenvalue weighted by Gasteiger charge is -2.07. The number of nitrogens with zero attached hydrogens (tertiary/aromatic N) is 1. The van der Waals surface area contributed by atoms with Gasteiger partial charge in [0, 0.05) is 18.1 Å². The van der Waals surface area contributed by atoms with Crippen LogP contribution >= 0.6 is 0 Å². The van der Waals surface area contributed by atoms with Gasteiger partial charge in [-0.25, -0.2) is 9.18 Å². The van der Waals surface area contributed by atoms with Crippen molar-refractivity contribution < 1.29 is 14.3 Å². The summed E-state index contributed by atoms with van der Waals surface area (Å²) in [4.78, 5) is 11.4. The van der Waals surface area contributed by atoms with E-state index < -0.39 is 11.8 Å². The summed E-state index contributed by atoms with van der Waals surface area (Å²) in [5.41, 5.74) is 1.61. The van der Waals surface area contributed by atoms with E-state index in [0.29, 0.717) is 12.1 Å². The Kier molecular flexibility index (Phi) is 3.31. The summed E-state index contributed by atoms with van der Waals surface area (Å²) in [5, 5.41) is 11.8. The van der Waals surface area contributed by atoms with Crippen molar-refractivity contribution in [1.82, 2.24) is 4.57 Å². The molecule has 3 nitrogen and oxygen atoms in total. The van der Waals surface area contributed by atoms with E-state index in [-0.39, 0.29) is 10.9 Å². The molecule has 4 heteroatoms. The van der Waals surface area contributed by atoms with E-state index in [4.69, 9.17) is 0 Å². The summed E-state index contributed by atoms with van der Waals surface area (Å²) in [5.74, 6) is -1.63. The monoisotopic (exact) mass is 319 g/mol. The first kappa shape index (κ1) is 14.5. The molecule has 1 aromatic heterocycles. The molecule has 4 rings (SSSR count). The van der Waals surface area contributed by atoms with Crippen molar-refractivity contribution in [2.24, 2.45) is 0 Å². The summed E-state index contributed by atoms with van der Waals surface area (Å²) in [6.45, 7) is 0.484. The summed E-state index contributed by atoms with van der Waals surface area (Å²) in [7, 11) is 0. The number of hydrogen-bond donors (Lipinski definition) is 1. The molecule has 0 aliphatic carbocycles. The number of aromatic carboxylic acids is 1. The zero-order chi connectivity index (χ0) is 16.7. The molecule has 0 aliphatic heterocycles. The fourth-order valence-electron chi connectivity index (χ4n) is 3.14. The van der Waals surface area contributed by atoms with Crippen molar-refractivity contribution in [3.05, 3.63) is 83.8 Å². The highest BCUT2D eigenvalue weighted by molar-refractivity contribution is 6.03. The molecule has 1 heterocycles. The first-order valence-electron chi connectivity index (χ1n) is 7.62. The van der Waals surface area contributed by atoms with E-state index in [2.05, 4.69) is 6.07 Å². The first-order chi connectivity index (χ1) is 11.6. The number of carboxylic acid groups (broad SMARTS) is 1. The molecule has 0 amide bonds. The lowest BCUT2D eigenvalue weighted by Crippen LogP contribution is -1.98. The Morgan fingerprint density at radius 1 is 1.00 bits per heavy atom. The van der Waals surface area contributed by atoms with Crippen molar-refractivity contribution in [1.29, 1.82) is 0 Å². The smallest absolute Gasteiger partial charge is 0.337 e. The average molecular weight is 319 g/mol. The molecule has 0 aliphatic rings. The van der Waals surface area contributed by atoms with Crippen molar-refractivity contribution in [2.45, 2.75) is 6.54 Å². The van der Waals surface area contributed by atoms with Gasteiger partial charge in [-0.3, -0.25) is 0 Å². The van der Waals surface area contributed by atoms with Crippen LogP contribution in [0.2, 0.25) is 0 Å². The maximum Gasteiger partial charge on any atom is 0.337 e. The maximum atomic E-state index is 14.1. The van der Waals surface area contributed by atoms with E-state index in [1.807, 2.05) is 36.4 Å². The molecule has 0 spiro atoms. The second kappa shape index (κ2) is 5.49. The van der Waals surface area contributed by atoms with Gasteiger partial charge in [0.2, 0.25) is 0 Å². The molecule has 3 aromatic carbocycles. The van der Waals surface area contributed by atoms with Gasteiger partial charge in [0.25, 0.3) is 0 Å². The van der Waals surface area contributed by atoms with Crippen LogP contribution in [0.4, 0.5) is 4.39 Å². The largest absolute Gasteiger partial charge is 0.478 e. The quantitative estimate of drug-likeness (QED) is 0.596. The SMILES string of the molecule is O=C(O)c1cn(Cc2ccc3ccccc3c2)c2cccc(F)c12. The number of hydrogen-bond acceptors (Lipinski definition) is 1. The maximum absolute atomic E-state index is 14.1. The third kappa shape index (κ3) is 2.33. The summed E-state index contributed by atoms with van der Waals surface area (Å²) in [6.07, 6.45) is 1.51. The van der Waals surface area contributed by atoms with Crippen LogP contribution in [-0.2, 0) is 6.54 Å². The second-order valence-electron chi connectivity index (χ2n) is 5.79. The Labute approximate surface area is 137 Å². The number of carboxylic acids is 1. The Morgan fingerprint density at radius 2 is 1.79 bits per heavy atom. The van der Waals surface area contributed by atoms with Gasteiger partial charge in [0.15, 0.2) is 0 Å². The molecule has 0 unspecified atom stereocenters. The predicted molar refractivity (Wildman–Crippen MR) is 91.9 cm³/mol. The molecule has 0 radical (unpaired) electrons. The normalized spacial score (nSPS) is 11.2. The van der Waals surface area contributed by atoms with Crippen LogP contribution in [-0.4, -0.2) is 15.6 Å². The molecule has 0 fully saturated rings. The van der Waals surface area contributed by atoms with Crippen molar-refractivity contribution in [2.75, 3.05) is 0 Å². The van der Waals surface area contributed by atoms with Gasteiger partial charge in [-0.2, -0.15) is 0 Å². The third-order valence-electron chi connectivity index (χ3n) is 4.25. The van der Waals surface area contributed by atoms with Crippen LogP contribution in [0.25, 0.3) is 21.7 Å². The number of fused-ring (bicyclic) bond motifs is 2. The second-order valence-corrected chi connectivity index (χ2v) is 5.79. The van der Waals surface area contributed by atoms with Gasteiger partial charge < -0.3 is 9.67 Å². The average Bonchev–Trinajstić information content (AvgIpc) is 2.95. The standard InChI is InChI=1S/C20H14FNO2/c21-17-6-3-7-18-19(17)16(20(23)24)12-22(18)11-13-8-9-14-4-1-2-5-15(14)10-13/h1-10,12H,11H2,(H,23,24). The summed E-state index contributed by atoms with van der Waals surface area (Å²) < 4.78 is 15.9. The molecule has 0 bridgehead atoms. The first-order valence-corrected chi connectivity index (χ1v) is 7.62. The lowest BCUT2D eigenvalue weighted by atomic mass is 10.1. The van der Waals surface area contributed by atoms with Crippen LogP contribution < -0.4 is 0 Å². The fourth-order valence-corrected chi connectivity index (χ4v) is 3.14. The molecule has 1 N–H and O–H groups in total. The van der Waals surface area contributed by atoms with Crippen LogP contribution in [0.5, 0.6) is 0 Å². The highest BCUT2D eigenvalue weighted by Gasteiger charge is 2.17. The highest BCUT2D eigenvalue weighted by atomic mass is 19.1. The van der Waals surface area contributed by atoms with Gasteiger partial charge in [-0.1, -0.05) is 42.5 Å². The minimum Gasteiger partial charge on any atom is -0.478 e. The Morgan fingerprint density at radius 3 is 2.58 bits per heavy atom. The van der Waals surface area contributed by atoms with E-state index in [1.54, 1.807) is 16.7 Å². The van der Waals surface area contributed by atoms with Crippen LogP contribution in [0.15, 0.2) is 66.9 Å². The van der Waals surface area contributed by atoms with Crippen LogP contribution in [0, 0.1) is 5.82 Å². The van der Waals surface area contributed by atoms with Gasteiger partial charge >= 0.3 is 5.97 Å². The van der Waals surface area contributed by atoms with E-state index in [9.17, 15) is 14.3 Å². The Hall–Kier alpha value is -3.14. The third-order valence-corrected chi connectivity index (χ3v) is 4.25. The molecular formula is C20H14FNO2. The Bertz CT molecular complexity index is 1080. The topological polar surface area (TPSA) is 42.2 Å². The lowest BCUT2D eigenvalue weighted by molar-refractivity contribution is 0.0698. The highest BCUT2D eigenvalue weighted by Crippen LogP contribution is 2.26. The molecule has 24 heavy (non-hydrogen) atoms. The number of carbonyl (C=O) groups is 1. The van der Waals surface area contributed by atoms with Crippen molar-refractivity contribution in [3.63, 3.8) is 0 Å². The molecule has 0 saturated heterocycles. The van der Waals surface area contributed by atoms with Gasteiger partial charge in [0.1, 0.15) is 5.82 Å². The van der Waals surface area contributed by atoms with Gasteiger partial charge in [0.05, 0.1) is 11.1 Å². The minimum absolute atomic E-state index is 0.0103. The van der Waals surface area contributed by atoms with E-state index >= 15 is 0 Å². The summed E-state index contributed by atoms with van der Waals surface area (Å²) >= 11 is 0. The van der Waals surface area contributed by atoms with Gasteiger partial charge in [-0.05, 0) is 34.5 Å². The molecule has 0 saturated carbocycles. The zero-order valence-corrected chi connectivity index (χ0v) is 12.7.